The molecular weight excluding hydrogens is 224 g/mol. The first-order valence-electron chi connectivity index (χ1n) is 5.70. The van der Waals surface area contributed by atoms with Gasteiger partial charge in [-0.2, -0.15) is 0 Å². The normalized spacial score (nSPS) is 42.5. The summed E-state index contributed by atoms with van der Waals surface area (Å²) in [6, 6.07) is 0. The van der Waals surface area contributed by atoms with Crippen LogP contribution in [0.3, 0.4) is 0 Å². The van der Waals surface area contributed by atoms with Gasteiger partial charge in [0.2, 0.25) is 0 Å². The highest BCUT2D eigenvalue weighted by Crippen LogP contribution is 2.45. The molecule has 2 bridgehead atoms. The van der Waals surface area contributed by atoms with Crippen LogP contribution in [0.15, 0.2) is 12.4 Å². The van der Waals surface area contributed by atoms with Crippen molar-refractivity contribution in [1.82, 2.24) is 9.55 Å². The van der Waals surface area contributed by atoms with Gasteiger partial charge in [0, 0.05) is 40.7 Å². The maximum atomic E-state index is 11.9. The summed E-state index contributed by atoms with van der Waals surface area (Å²) >= 11 is 0. The van der Waals surface area contributed by atoms with Gasteiger partial charge in [-0.3, -0.25) is 4.21 Å². The lowest BCUT2D eigenvalue weighted by molar-refractivity contribution is 0.00719. The largest absolute Gasteiger partial charge is 0.382 e. The van der Waals surface area contributed by atoms with E-state index >= 15 is 0 Å². The molecule has 1 N–H and O–H groups in total. The van der Waals surface area contributed by atoms with Crippen molar-refractivity contribution in [3.8, 4) is 0 Å². The zero-order valence-corrected chi connectivity index (χ0v) is 10.1. The third-order valence-electron chi connectivity index (χ3n) is 3.84. The van der Waals surface area contributed by atoms with Crippen molar-refractivity contribution in [2.24, 2.45) is 7.05 Å². The topological polar surface area (TPSA) is 55.1 Å². The number of aliphatic hydroxyl groups is 1. The van der Waals surface area contributed by atoms with E-state index in [1.807, 2.05) is 17.8 Å². The molecule has 0 spiro atoms. The fourth-order valence-corrected chi connectivity index (χ4v) is 5.24. The molecule has 0 aliphatic carbocycles. The first kappa shape index (κ1) is 10.5. The van der Waals surface area contributed by atoms with Crippen molar-refractivity contribution in [3.05, 3.63) is 18.2 Å². The zero-order valence-electron chi connectivity index (χ0n) is 9.30. The Labute approximate surface area is 97.1 Å². The summed E-state index contributed by atoms with van der Waals surface area (Å²) < 4.78 is 13.8. The summed E-state index contributed by atoms with van der Waals surface area (Å²) in [7, 11) is 1.17. The minimum absolute atomic E-state index is 0.167. The number of imidazole rings is 1. The van der Waals surface area contributed by atoms with Crippen LogP contribution in [-0.4, -0.2) is 29.4 Å². The van der Waals surface area contributed by atoms with Gasteiger partial charge in [0.15, 0.2) is 0 Å². The maximum absolute atomic E-state index is 11.9. The Morgan fingerprint density at radius 3 is 2.62 bits per heavy atom. The molecule has 2 unspecified atom stereocenters. The van der Waals surface area contributed by atoms with Crippen molar-refractivity contribution in [2.45, 2.75) is 41.8 Å². The predicted octanol–water partition coefficient (Wildman–Crippen LogP) is 0.681. The summed E-state index contributed by atoms with van der Waals surface area (Å²) in [4.78, 5) is 4.25. The van der Waals surface area contributed by atoms with E-state index in [2.05, 4.69) is 4.98 Å². The second-order valence-corrected chi connectivity index (χ2v) is 6.94. The molecule has 2 aliphatic heterocycles. The second-order valence-electron chi connectivity index (χ2n) is 4.95. The molecule has 2 saturated heterocycles. The Balaban J connectivity index is 1.97. The predicted molar refractivity (Wildman–Crippen MR) is 61.3 cm³/mol. The molecule has 1 aromatic heterocycles. The van der Waals surface area contributed by atoms with Gasteiger partial charge < -0.3 is 9.67 Å². The van der Waals surface area contributed by atoms with Gasteiger partial charge >= 0.3 is 0 Å². The summed E-state index contributed by atoms with van der Waals surface area (Å²) in [6.07, 6.45) is 6.73. The van der Waals surface area contributed by atoms with Gasteiger partial charge in [-0.15, -0.1) is 0 Å². The average Bonchev–Trinajstić information content (AvgIpc) is 2.73. The first-order chi connectivity index (χ1) is 7.60. The van der Waals surface area contributed by atoms with Gasteiger partial charge in [0.1, 0.15) is 11.4 Å². The van der Waals surface area contributed by atoms with Crippen LogP contribution in [-0.2, 0) is 23.4 Å². The number of aromatic nitrogens is 2. The summed E-state index contributed by atoms with van der Waals surface area (Å²) in [5.74, 6) is 0.723. The molecule has 0 aromatic carbocycles. The molecule has 0 saturated carbocycles. The van der Waals surface area contributed by atoms with Crippen LogP contribution < -0.4 is 0 Å². The van der Waals surface area contributed by atoms with Crippen molar-refractivity contribution in [3.63, 3.8) is 0 Å². The van der Waals surface area contributed by atoms with E-state index in [1.54, 1.807) is 6.20 Å². The molecule has 2 atom stereocenters. The lowest BCUT2D eigenvalue weighted by Gasteiger charge is -2.35. The number of rotatable bonds is 1. The van der Waals surface area contributed by atoms with Crippen molar-refractivity contribution >= 4 is 10.8 Å². The fraction of sp³-hybridized carbons (Fsp3) is 0.727. The van der Waals surface area contributed by atoms with Crippen LogP contribution in [0, 0.1) is 0 Å². The highest BCUT2D eigenvalue weighted by molar-refractivity contribution is 7.86. The highest BCUT2D eigenvalue weighted by Gasteiger charge is 2.49. The lowest BCUT2D eigenvalue weighted by atomic mass is 9.92. The van der Waals surface area contributed by atoms with E-state index in [4.69, 9.17) is 0 Å². The Kier molecular flexibility index (Phi) is 2.23. The third-order valence-corrected chi connectivity index (χ3v) is 5.95. The van der Waals surface area contributed by atoms with Crippen molar-refractivity contribution in [2.75, 3.05) is 0 Å². The number of nitrogens with zero attached hydrogens (tertiary/aromatic N) is 2. The molecule has 0 radical (unpaired) electrons. The Bertz CT molecular complexity index is 427. The molecule has 3 rings (SSSR count). The Morgan fingerprint density at radius 2 is 2.12 bits per heavy atom. The number of hydrogen-bond acceptors (Lipinski definition) is 3. The number of hydrogen-bond donors (Lipinski definition) is 1. The molecule has 88 valence electrons. The van der Waals surface area contributed by atoms with Crippen LogP contribution in [0.25, 0.3) is 0 Å². The SMILES string of the molecule is Cn1ccnc1C1(O)CC2CCC(C1)S2=O. The van der Waals surface area contributed by atoms with Crippen LogP contribution in [0.4, 0.5) is 0 Å². The first-order valence-corrected chi connectivity index (χ1v) is 6.97. The Morgan fingerprint density at radius 1 is 1.50 bits per heavy atom. The monoisotopic (exact) mass is 240 g/mol. The lowest BCUT2D eigenvalue weighted by Crippen LogP contribution is -2.41. The molecule has 2 aliphatic rings. The van der Waals surface area contributed by atoms with Gasteiger partial charge in [-0.1, -0.05) is 0 Å². The van der Waals surface area contributed by atoms with E-state index in [-0.39, 0.29) is 10.5 Å². The van der Waals surface area contributed by atoms with E-state index < -0.39 is 16.4 Å². The second kappa shape index (κ2) is 3.40. The third kappa shape index (κ3) is 1.38. The molecule has 4 nitrogen and oxygen atoms in total. The van der Waals surface area contributed by atoms with Crippen molar-refractivity contribution < 1.29 is 9.32 Å². The summed E-state index contributed by atoms with van der Waals surface area (Å²) in [6.45, 7) is 0. The highest BCUT2D eigenvalue weighted by atomic mass is 32.2. The minimum Gasteiger partial charge on any atom is -0.382 e. The molecule has 3 heterocycles. The van der Waals surface area contributed by atoms with Crippen LogP contribution in [0.5, 0.6) is 0 Å². The summed E-state index contributed by atoms with van der Waals surface area (Å²) in [5.41, 5.74) is -0.863. The van der Waals surface area contributed by atoms with E-state index in [0.717, 1.165) is 18.7 Å². The van der Waals surface area contributed by atoms with Crippen LogP contribution in [0.2, 0.25) is 0 Å². The van der Waals surface area contributed by atoms with Crippen molar-refractivity contribution in [1.29, 1.82) is 0 Å². The number of fused-ring (bicyclic) bond motifs is 2. The van der Waals surface area contributed by atoms with Gasteiger partial charge in [0.05, 0.1) is 0 Å². The maximum Gasteiger partial charge on any atom is 0.140 e. The molecule has 0 amide bonds. The molecule has 1 aromatic rings. The summed E-state index contributed by atoms with van der Waals surface area (Å²) in [5, 5.41) is 11.0. The average molecular weight is 240 g/mol. The molecule has 5 heteroatoms. The molecule has 16 heavy (non-hydrogen) atoms. The smallest absolute Gasteiger partial charge is 0.140 e. The van der Waals surface area contributed by atoms with E-state index in [1.165, 1.54) is 0 Å². The molecule has 2 fully saturated rings. The van der Waals surface area contributed by atoms with Gasteiger partial charge in [-0.05, 0) is 25.7 Å². The van der Waals surface area contributed by atoms with Crippen LogP contribution in [0.1, 0.15) is 31.5 Å². The van der Waals surface area contributed by atoms with Gasteiger partial charge in [-0.25, -0.2) is 4.98 Å². The standard InChI is InChI=1S/C11H16N2O2S/c1-13-5-4-12-10(13)11(14)6-8-2-3-9(7-11)16(8)15/h4-5,8-9,14H,2-3,6-7H2,1H3. The van der Waals surface area contributed by atoms with E-state index in [0.29, 0.717) is 12.8 Å². The zero-order chi connectivity index (χ0) is 11.3. The van der Waals surface area contributed by atoms with Crippen LogP contribution >= 0.6 is 0 Å². The molecular formula is C11H16N2O2S. The Hall–Kier alpha value is -0.680. The fourth-order valence-electron chi connectivity index (χ4n) is 3.08. The quantitative estimate of drug-likeness (QED) is 0.785. The van der Waals surface area contributed by atoms with Gasteiger partial charge in [0.25, 0.3) is 0 Å². The number of aryl methyl sites for hydroxylation is 1. The van der Waals surface area contributed by atoms with E-state index in [9.17, 15) is 9.32 Å². The minimum atomic E-state index is -0.863.